The van der Waals surface area contributed by atoms with Gasteiger partial charge in [-0.1, -0.05) is 6.07 Å². The summed E-state index contributed by atoms with van der Waals surface area (Å²) in [6, 6.07) is 11.5. The first-order valence-corrected chi connectivity index (χ1v) is 6.34. The molecule has 4 heteroatoms. The summed E-state index contributed by atoms with van der Waals surface area (Å²) in [5.41, 5.74) is 8.46. The molecule has 3 N–H and O–H groups in total. The summed E-state index contributed by atoms with van der Waals surface area (Å²) in [7, 11) is 0. The Kier molecular flexibility index (Phi) is 4.23. The Bertz CT molecular complexity index is 526. The van der Waals surface area contributed by atoms with Crippen LogP contribution in [0.25, 0.3) is 0 Å². The van der Waals surface area contributed by atoms with Crippen molar-refractivity contribution in [2.45, 2.75) is 26.5 Å². The minimum Gasteiger partial charge on any atom is -0.491 e. The van der Waals surface area contributed by atoms with E-state index >= 15 is 0 Å². The molecule has 4 nitrogen and oxygen atoms in total. The third kappa shape index (κ3) is 4.17. The highest BCUT2D eigenvalue weighted by atomic mass is 16.5. The largest absolute Gasteiger partial charge is 0.491 e. The summed E-state index contributed by atoms with van der Waals surface area (Å²) >= 11 is 0. The van der Waals surface area contributed by atoms with Gasteiger partial charge in [0.05, 0.1) is 18.3 Å². The molecule has 0 atom stereocenters. The highest BCUT2D eigenvalue weighted by molar-refractivity contribution is 5.59. The number of anilines is 2. The molecule has 1 aromatic carbocycles. The van der Waals surface area contributed by atoms with E-state index in [1.54, 1.807) is 6.20 Å². The van der Waals surface area contributed by atoms with Gasteiger partial charge in [-0.05, 0) is 32.0 Å². The second-order valence-corrected chi connectivity index (χ2v) is 4.63. The molecule has 0 aliphatic heterocycles. The van der Waals surface area contributed by atoms with Crippen molar-refractivity contribution in [1.29, 1.82) is 0 Å². The molecule has 0 bridgehead atoms. The number of pyridine rings is 1. The van der Waals surface area contributed by atoms with E-state index in [2.05, 4.69) is 10.3 Å². The van der Waals surface area contributed by atoms with Crippen molar-refractivity contribution in [3.05, 3.63) is 48.3 Å². The maximum Gasteiger partial charge on any atom is 0.123 e. The molecule has 19 heavy (non-hydrogen) atoms. The number of aromatic nitrogens is 1. The number of rotatable bonds is 5. The van der Waals surface area contributed by atoms with Crippen molar-refractivity contribution in [2.75, 3.05) is 11.1 Å². The zero-order chi connectivity index (χ0) is 13.7. The highest BCUT2D eigenvalue weighted by Crippen LogP contribution is 2.23. The Labute approximate surface area is 113 Å². The molecular formula is C15H19N3O. The maximum absolute atomic E-state index is 5.87. The quantitative estimate of drug-likeness (QED) is 0.808. The summed E-state index contributed by atoms with van der Waals surface area (Å²) in [6.45, 7) is 4.64. The normalized spacial score (nSPS) is 10.5. The minimum absolute atomic E-state index is 0.130. The zero-order valence-electron chi connectivity index (χ0n) is 11.3. The molecule has 0 aliphatic rings. The molecule has 0 saturated carbocycles. The predicted octanol–water partition coefficient (Wildman–Crippen LogP) is 3.06. The second kappa shape index (κ2) is 6.09. The number of nitrogens with two attached hydrogens (primary N) is 1. The Balaban J connectivity index is 2.05. The SMILES string of the molecule is CC(C)Oc1cc(N)cc(NCc2ccccn2)c1. The topological polar surface area (TPSA) is 60.2 Å². The molecule has 100 valence electrons. The number of ether oxygens (including phenoxy) is 1. The Morgan fingerprint density at radius 2 is 2.11 bits per heavy atom. The van der Waals surface area contributed by atoms with Crippen molar-refractivity contribution < 1.29 is 4.74 Å². The van der Waals surface area contributed by atoms with Crippen LogP contribution in [0.15, 0.2) is 42.6 Å². The van der Waals surface area contributed by atoms with Crippen molar-refractivity contribution in [3.8, 4) is 5.75 Å². The lowest BCUT2D eigenvalue weighted by atomic mass is 10.2. The van der Waals surface area contributed by atoms with Crippen LogP contribution in [-0.4, -0.2) is 11.1 Å². The summed E-state index contributed by atoms with van der Waals surface area (Å²) in [5.74, 6) is 0.776. The smallest absolute Gasteiger partial charge is 0.123 e. The summed E-state index contributed by atoms with van der Waals surface area (Å²) < 4.78 is 5.65. The number of hydrogen-bond acceptors (Lipinski definition) is 4. The molecule has 0 amide bonds. The fourth-order valence-corrected chi connectivity index (χ4v) is 1.76. The van der Waals surface area contributed by atoms with Crippen LogP contribution >= 0.6 is 0 Å². The van der Waals surface area contributed by atoms with E-state index in [-0.39, 0.29) is 6.10 Å². The number of benzene rings is 1. The van der Waals surface area contributed by atoms with E-state index in [9.17, 15) is 0 Å². The molecule has 0 fully saturated rings. The molecule has 0 aliphatic carbocycles. The molecule has 2 rings (SSSR count). The van der Waals surface area contributed by atoms with Crippen molar-refractivity contribution in [1.82, 2.24) is 4.98 Å². The van der Waals surface area contributed by atoms with Crippen LogP contribution in [-0.2, 0) is 6.54 Å². The molecule has 1 aromatic heterocycles. The van der Waals surface area contributed by atoms with Crippen molar-refractivity contribution in [3.63, 3.8) is 0 Å². The molecule has 0 spiro atoms. The first-order valence-electron chi connectivity index (χ1n) is 6.34. The van der Waals surface area contributed by atoms with Gasteiger partial charge >= 0.3 is 0 Å². The lowest BCUT2D eigenvalue weighted by molar-refractivity contribution is 0.242. The summed E-state index contributed by atoms with van der Waals surface area (Å²) in [6.07, 6.45) is 1.91. The molecule has 2 aromatic rings. The van der Waals surface area contributed by atoms with Gasteiger partial charge in [0.15, 0.2) is 0 Å². The maximum atomic E-state index is 5.87. The van der Waals surface area contributed by atoms with Gasteiger partial charge in [0.1, 0.15) is 5.75 Å². The second-order valence-electron chi connectivity index (χ2n) is 4.63. The van der Waals surface area contributed by atoms with Crippen LogP contribution in [0.5, 0.6) is 5.75 Å². The number of hydrogen-bond donors (Lipinski definition) is 2. The standard InChI is InChI=1S/C15H19N3O/c1-11(2)19-15-8-12(16)7-14(9-15)18-10-13-5-3-4-6-17-13/h3-9,11,18H,10,16H2,1-2H3. The first-order chi connectivity index (χ1) is 9.13. The Morgan fingerprint density at radius 3 is 2.79 bits per heavy atom. The monoisotopic (exact) mass is 257 g/mol. The van der Waals surface area contributed by atoms with Gasteiger partial charge in [0, 0.05) is 29.7 Å². The number of nitrogens with one attached hydrogen (secondary N) is 1. The minimum atomic E-state index is 0.130. The van der Waals surface area contributed by atoms with Crippen LogP contribution in [0.4, 0.5) is 11.4 Å². The van der Waals surface area contributed by atoms with Crippen molar-refractivity contribution >= 4 is 11.4 Å². The Morgan fingerprint density at radius 1 is 1.26 bits per heavy atom. The lowest BCUT2D eigenvalue weighted by Crippen LogP contribution is -2.07. The van der Waals surface area contributed by atoms with E-state index in [1.807, 2.05) is 50.2 Å². The first kappa shape index (κ1) is 13.2. The van der Waals surface area contributed by atoms with Gasteiger partial charge in [0.25, 0.3) is 0 Å². The van der Waals surface area contributed by atoms with Crippen molar-refractivity contribution in [2.24, 2.45) is 0 Å². The van der Waals surface area contributed by atoms with Gasteiger partial charge in [-0.3, -0.25) is 4.98 Å². The number of nitrogens with zero attached hydrogens (tertiary/aromatic N) is 1. The number of nitrogen functional groups attached to an aromatic ring is 1. The zero-order valence-corrected chi connectivity index (χ0v) is 11.3. The summed E-state index contributed by atoms with van der Waals surface area (Å²) in [5, 5.41) is 3.29. The molecule has 0 radical (unpaired) electrons. The van der Waals surface area contributed by atoms with E-state index < -0.39 is 0 Å². The van der Waals surface area contributed by atoms with E-state index in [1.165, 1.54) is 0 Å². The van der Waals surface area contributed by atoms with Crippen LogP contribution in [0.2, 0.25) is 0 Å². The predicted molar refractivity (Wildman–Crippen MR) is 78.2 cm³/mol. The molecular weight excluding hydrogens is 238 g/mol. The fourth-order valence-electron chi connectivity index (χ4n) is 1.76. The van der Waals surface area contributed by atoms with Gasteiger partial charge in [-0.25, -0.2) is 0 Å². The third-order valence-electron chi connectivity index (χ3n) is 2.50. The van der Waals surface area contributed by atoms with Crippen LogP contribution in [0.3, 0.4) is 0 Å². The average molecular weight is 257 g/mol. The van der Waals surface area contributed by atoms with E-state index in [0.717, 1.165) is 17.1 Å². The summed E-state index contributed by atoms with van der Waals surface area (Å²) in [4.78, 5) is 4.26. The molecule has 1 heterocycles. The van der Waals surface area contributed by atoms with Gasteiger partial charge in [-0.2, -0.15) is 0 Å². The molecule has 0 unspecified atom stereocenters. The lowest BCUT2D eigenvalue weighted by Gasteiger charge is -2.13. The van der Waals surface area contributed by atoms with E-state index in [0.29, 0.717) is 12.2 Å². The van der Waals surface area contributed by atoms with E-state index in [4.69, 9.17) is 10.5 Å². The Hall–Kier alpha value is -2.23. The fraction of sp³-hybridized carbons (Fsp3) is 0.267. The highest BCUT2D eigenvalue weighted by Gasteiger charge is 2.02. The van der Waals surface area contributed by atoms with Gasteiger partial charge in [0.2, 0.25) is 0 Å². The van der Waals surface area contributed by atoms with Crippen LogP contribution in [0, 0.1) is 0 Å². The average Bonchev–Trinajstić information content (AvgIpc) is 2.36. The van der Waals surface area contributed by atoms with Gasteiger partial charge < -0.3 is 15.8 Å². The molecule has 0 saturated heterocycles. The third-order valence-corrected chi connectivity index (χ3v) is 2.50. The van der Waals surface area contributed by atoms with Crippen LogP contribution in [0.1, 0.15) is 19.5 Å². The van der Waals surface area contributed by atoms with Crippen LogP contribution < -0.4 is 15.8 Å². The van der Waals surface area contributed by atoms with Gasteiger partial charge in [-0.15, -0.1) is 0 Å².